The Balaban J connectivity index is 1.88. The molecular weight excluding hydrogens is 260 g/mol. The third kappa shape index (κ3) is 2.56. The first-order valence-electron chi connectivity index (χ1n) is 6.59. The number of ether oxygens (including phenoxy) is 1. The summed E-state index contributed by atoms with van der Waals surface area (Å²) in [5.74, 6) is 0.973. The Hall–Kier alpha value is -1.24. The van der Waals surface area contributed by atoms with Gasteiger partial charge in [-0.05, 0) is 24.9 Å². The van der Waals surface area contributed by atoms with Gasteiger partial charge in [-0.3, -0.25) is 0 Å². The van der Waals surface area contributed by atoms with Crippen LogP contribution < -0.4 is 10.6 Å². The highest BCUT2D eigenvalue weighted by Crippen LogP contribution is 2.35. The lowest BCUT2D eigenvalue weighted by Crippen LogP contribution is -2.22. The molecule has 1 aliphatic rings. The largest absolute Gasteiger partial charge is 0.385 e. The van der Waals surface area contributed by atoms with E-state index in [1.807, 2.05) is 0 Å². The third-order valence-corrected chi connectivity index (χ3v) is 4.47. The van der Waals surface area contributed by atoms with Crippen LogP contribution in [0.4, 0.5) is 5.82 Å². The number of rotatable bonds is 5. The molecule has 6 heteroatoms. The maximum Gasteiger partial charge on any atom is 0.138 e. The Kier molecular flexibility index (Phi) is 3.91. The maximum absolute atomic E-state index is 5.06. The maximum atomic E-state index is 5.06. The van der Waals surface area contributed by atoms with E-state index < -0.39 is 0 Å². The highest BCUT2D eigenvalue weighted by Gasteiger charge is 2.19. The number of nitrogens with one attached hydrogen (secondary N) is 2. The zero-order valence-electron chi connectivity index (χ0n) is 11.0. The summed E-state index contributed by atoms with van der Waals surface area (Å²) >= 11 is 1.78. The average molecular weight is 278 g/mol. The summed E-state index contributed by atoms with van der Waals surface area (Å²) < 4.78 is 5.06. The third-order valence-electron chi connectivity index (χ3n) is 3.33. The van der Waals surface area contributed by atoms with E-state index in [-0.39, 0.29) is 0 Å². The number of hydrogen-bond donors (Lipinski definition) is 2. The van der Waals surface area contributed by atoms with Gasteiger partial charge in [0, 0.05) is 31.7 Å². The SMILES string of the molecule is COCCCNc1ncnc2sc3c(c12)CCNC3. The first kappa shape index (κ1) is 12.8. The number of methoxy groups -OCH3 is 1. The minimum atomic E-state index is 0.771. The van der Waals surface area contributed by atoms with Gasteiger partial charge in [-0.1, -0.05) is 0 Å². The van der Waals surface area contributed by atoms with E-state index in [1.165, 1.54) is 15.8 Å². The fourth-order valence-corrected chi connectivity index (χ4v) is 3.57. The molecular formula is C13H18N4OS. The first-order valence-corrected chi connectivity index (χ1v) is 7.40. The number of aromatic nitrogens is 2. The molecule has 2 aromatic heterocycles. The Morgan fingerprint density at radius 1 is 1.47 bits per heavy atom. The molecule has 0 fully saturated rings. The molecule has 0 aliphatic carbocycles. The van der Waals surface area contributed by atoms with Crippen LogP contribution in [-0.4, -0.2) is 36.8 Å². The fraction of sp³-hybridized carbons (Fsp3) is 0.538. The van der Waals surface area contributed by atoms with Gasteiger partial charge < -0.3 is 15.4 Å². The monoisotopic (exact) mass is 278 g/mol. The molecule has 0 amide bonds. The van der Waals surface area contributed by atoms with Gasteiger partial charge >= 0.3 is 0 Å². The number of hydrogen-bond acceptors (Lipinski definition) is 6. The van der Waals surface area contributed by atoms with Gasteiger partial charge in [-0.15, -0.1) is 11.3 Å². The van der Waals surface area contributed by atoms with Crippen molar-refractivity contribution < 1.29 is 4.74 Å². The van der Waals surface area contributed by atoms with Crippen molar-refractivity contribution in [2.45, 2.75) is 19.4 Å². The van der Waals surface area contributed by atoms with Crippen LogP contribution in [0.15, 0.2) is 6.33 Å². The Labute approximate surface area is 116 Å². The fourth-order valence-electron chi connectivity index (χ4n) is 2.42. The molecule has 0 radical (unpaired) electrons. The molecule has 102 valence electrons. The lowest BCUT2D eigenvalue weighted by Gasteiger charge is -2.13. The number of nitrogens with zero attached hydrogens (tertiary/aromatic N) is 2. The molecule has 0 unspecified atom stereocenters. The summed E-state index contributed by atoms with van der Waals surface area (Å²) in [6, 6.07) is 0. The van der Waals surface area contributed by atoms with Crippen LogP contribution in [0, 0.1) is 0 Å². The molecule has 5 nitrogen and oxygen atoms in total. The van der Waals surface area contributed by atoms with Gasteiger partial charge in [-0.25, -0.2) is 9.97 Å². The summed E-state index contributed by atoms with van der Waals surface area (Å²) in [5.41, 5.74) is 1.42. The predicted molar refractivity (Wildman–Crippen MR) is 77.8 cm³/mol. The van der Waals surface area contributed by atoms with Crippen LogP contribution in [-0.2, 0) is 17.7 Å². The van der Waals surface area contributed by atoms with E-state index in [1.54, 1.807) is 24.8 Å². The van der Waals surface area contributed by atoms with E-state index in [0.717, 1.165) is 49.7 Å². The van der Waals surface area contributed by atoms with E-state index in [0.29, 0.717) is 0 Å². The first-order chi connectivity index (χ1) is 9.40. The summed E-state index contributed by atoms with van der Waals surface area (Å²) in [4.78, 5) is 11.3. The van der Waals surface area contributed by atoms with Crippen molar-refractivity contribution in [1.82, 2.24) is 15.3 Å². The lowest BCUT2D eigenvalue weighted by molar-refractivity contribution is 0.198. The van der Waals surface area contributed by atoms with Gasteiger partial charge in [0.05, 0.1) is 5.39 Å². The predicted octanol–water partition coefficient (Wildman–Crippen LogP) is 1.79. The van der Waals surface area contributed by atoms with Crippen LogP contribution in [0.2, 0.25) is 0 Å². The lowest BCUT2D eigenvalue weighted by atomic mass is 10.1. The summed E-state index contributed by atoms with van der Waals surface area (Å²) in [7, 11) is 1.73. The Morgan fingerprint density at radius 2 is 2.42 bits per heavy atom. The van der Waals surface area contributed by atoms with Crippen LogP contribution in [0.1, 0.15) is 16.9 Å². The van der Waals surface area contributed by atoms with Crippen molar-refractivity contribution in [3.8, 4) is 0 Å². The second-order valence-electron chi connectivity index (χ2n) is 4.61. The standard InChI is InChI=1S/C13H18N4OS/c1-18-6-2-4-15-12-11-9-3-5-14-7-10(9)19-13(11)17-8-16-12/h8,14H,2-7H2,1H3,(H,15,16,17). The second kappa shape index (κ2) is 5.81. The van der Waals surface area contributed by atoms with Crippen molar-refractivity contribution in [2.24, 2.45) is 0 Å². The Morgan fingerprint density at radius 3 is 3.32 bits per heavy atom. The molecule has 19 heavy (non-hydrogen) atoms. The van der Waals surface area contributed by atoms with Gasteiger partial charge in [-0.2, -0.15) is 0 Å². The molecule has 0 spiro atoms. The minimum Gasteiger partial charge on any atom is -0.385 e. The van der Waals surface area contributed by atoms with E-state index in [4.69, 9.17) is 4.74 Å². The second-order valence-corrected chi connectivity index (χ2v) is 5.69. The van der Waals surface area contributed by atoms with Crippen LogP contribution in [0.25, 0.3) is 10.2 Å². The van der Waals surface area contributed by atoms with Crippen LogP contribution in [0.5, 0.6) is 0 Å². The molecule has 3 heterocycles. The van der Waals surface area contributed by atoms with Gasteiger partial charge in [0.1, 0.15) is 17.0 Å². The van der Waals surface area contributed by atoms with Crippen LogP contribution >= 0.6 is 11.3 Å². The van der Waals surface area contributed by atoms with Gasteiger partial charge in [0.25, 0.3) is 0 Å². The van der Waals surface area contributed by atoms with E-state index in [9.17, 15) is 0 Å². The normalized spacial score (nSPS) is 14.6. The summed E-state index contributed by atoms with van der Waals surface area (Å²) in [6.45, 7) is 3.64. The van der Waals surface area contributed by atoms with Gasteiger partial charge in [0.15, 0.2) is 0 Å². The molecule has 0 aromatic carbocycles. The van der Waals surface area contributed by atoms with Crippen molar-refractivity contribution in [3.05, 3.63) is 16.8 Å². The molecule has 0 atom stereocenters. The smallest absolute Gasteiger partial charge is 0.138 e. The van der Waals surface area contributed by atoms with E-state index in [2.05, 4.69) is 20.6 Å². The average Bonchev–Trinajstić information content (AvgIpc) is 2.83. The molecule has 0 bridgehead atoms. The van der Waals surface area contributed by atoms with Crippen molar-refractivity contribution >= 4 is 27.4 Å². The molecule has 1 aliphatic heterocycles. The number of fused-ring (bicyclic) bond motifs is 3. The quantitative estimate of drug-likeness (QED) is 0.817. The minimum absolute atomic E-state index is 0.771. The molecule has 3 rings (SSSR count). The van der Waals surface area contributed by atoms with Crippen molar-refractivity contribution in [1.29, 1.82) is 0 Å². The molecule has 0 saturated heterocycles. The number of anilines is 1. The summed E-state index contributed by atoms with van der Waals surface area (Å²) in [5, 5.41) is 8.04. The number of thiophene rings is 1. The van der Waals surface area contributed by atoms with Crippen molar-refractivity contribution in [3.63, 3.8) is 0 Å². The highest BCUT2D eigenvalue weighted by atomic mass is 32.1. The van der Waals surface area contributed by atoms with Crippen molar-refractivity contribution in [2.75, 3.05) is 32.1 Å². The highest BCUT2D eigenvalue weighted by molar-refractivity contribution is 7.18. The Bertz CT molecular complexity index is 569. The topological polar surface area (TPSA) is 59.1 Å². The zero-order valence-corrected chi connectivity index (χ0v) is 11.8. The van der Waals surface area contributed by atoms with E-state index >= 15 is 0 Å². The van der Waals surface area contributed by atoms with Crippen LogP contribution in [0.3, 0.4) is 0 Å². The summed E-state index contributed by atoms with van der Waals surface area (Å²) in [6.07, 6.45) is 3.70. The molecule has 2 N–H and O–H groups in total. The van der Waals surface area contributed by atoms with Gasteiger partial charge in [0.2, 0.25) is 0 Å². The zero-order chi connectivity index (χ0) is 13.1. The molecule has 0 saturated carbocycles. The molecule has 2 aromatic rings.